The summed E-state index contributed by atoms with van der Waals surface area (Å²) in [6.07, 6.45) is 10.8. The van der Waals surface area contributed by atoms with Gasteiger partial charge in [0.05, 0.1) is 19.3 Å². The molecule has 3 heterocycles. The van der Waals surface area contributed by atoms with E-state index >= 15 is 0 Å². The Kier molecular flexibility index (Phi) is 5.40. The number of ether oxygens (including phenoxy) is 2. The van der Waals surface area contributed by atoms with Crippen LogP contribution in [-0.2, 0) is 14.3 Å². The Labute approximate surface area is 145 Å². The van der Waals surface area contributed by atoms with Crippen LogP contribution in [0.25, 0.3) is 0 Å². The Morgan fingerprint density at radius 2 is 1.67 bits per heavy atom. The molecule has 2 atom stereocenters. The van der Waals surface area contributed by atoms with Crippen LogP contribution in [0, 0.1) is 5.92 Å². The average molecular weight is 336 g/mol. The van der Waals surface area contributed by atoms with Crippen LogP contribution in [0.3, 0.4) is 0 Å². The minimum Gasteiger partial charge on any atom is -0.350 e. The Morgan fingerprint density at radius 3 is 2.46 bits per heavy atom. The van der Waals surface area contributed by atoms with Gasteiger partial charge in [-0.2, -0.15) is 0 Å². The molecule has 0 radical (unpaired) electrons. The lowest BCUT2D eigenvalue weighted by atomic mass is 9.95. The van der Waals surface area contributed by atoms with Crippen molar-refractivity contribution in [2.75, 3.05) is 32.8 Å². The maximum atomic E-state index is 13.2. The first-order chi connectivity index (χ1) is 11.8. The van der Waals surface area contributed by atoms with Gasteiger partial charge in [-0.05, 0) is 51.0 Å². The fourth-order valence-electron chi connectivity index (χ4n) is 5.31. The van der Waals surface area contributed by atoms with E-state index in [1.807, 2.05) is 0 Å². The molecule has 24 heavy (non-hydrogen) atoms. The minimum absolute atomic E-state index is 0.0561. The molecule has 3 aliphatic heterocycles. The molecule has 1 aliphatic carbocycles. The van der Waals surface area contributed by atoms with Crippen LogP contribution in [0.15, 0.2) is 0 Å². The predicted octanol–water partition coefficient (Wildman–Crippen LogP) is 2.40. The molecule has 136 valence electrons. The predicted molar refractivity (Wildman–Crippen MR) is 91.6 cm³/mol. The highest BCUT2D eigenvalue weighted by molar-refractivity contribution is 5.82. The van der Waals surface area contributed by atoms with Gasteiger partial charge in [-0.25, -0.2) is 0 Å². The Morgan fingerprint density at radius 1 is 0.917 bits per heavy atom. The number of hydrogen-bond donors (Lipinski definition) is 0. The van der Waals surface area contributed by atoms with Gasteiger partial charge in [0.15, 0.2) is 6.29 Å². The van der Waals surface area contributed by atoms with Crippen LogP contribution in [0.4, 0.5) is 0 Å². The van der Waals surface area contributed by atoms with Gasteiger partial charge in [0, 0.05) is 25.6 Å². The molecule has 1 amide bonds. The normalized spacial score (nSPS) is 33.1. The number of carbonyl (C=O) groups excluding carboxylic acids is 1. The van der Waals surface area contributed by atoms with Gasteiger partial charge >= 0.3 is 0 Å². The van der Waals surface area contributed by atoms with Crippen LogP contribution >= 0.6 is 0 Å². The minimum atomic E-state index is -0.0561. The van der Waals surface area contributed by atoms with Crippen molar-refractivity contribution in [2.24, 2.45) is 5.92 Å². The Balaban J connectivity index is 1.35. The second-order valence-corrected chi connectivity index (χ2v) is 7.94. The second kappa shape index (κ2) is 7.71. The standard InChI is InChI=1S/C19H32N2O3/c22-19(21-11-4-7-16(21)15-5-1-2-6-15)17-8-3-10-20(17)12-9-18-23-13-14-24-18/h15-18H,1-14H2/t16-,17+/m1/s1. The molecule has 0 aromatic heterocycles. The van der Waals surface area contributed by atoms with Crippen LogP contribution in [-0.4, -0.2) is 66.9 Å². The zero-order valence-electron chi connectivity index (χ0n) is 14.8. The van der Waals surface area contributed by atoms with Crippen LogP contribution in [0.1, 0.15) is 57.8 Å². The maximum absolute atomic E-state index is 13.2. The lowest BCUT2D eigenvalue weighted by molar-refractivity contribution is -0.138. The highest BCUT2D eigenvalue weighted by Gasteiger charge is 2.41. The Hall–Kier alpha value is -0.650. The van der Waals surface area contributed by atoms with Crippen molar-refractivity contribution >= 4 is 5.91 Å². The van der Waals surface area contributed by atoms with Crippen molar-refractivity contribution < 1.29 is 14.3 Å². The summed E-state index contributed by atoms with van der Waals surface area (Å²) in [7, 11) is 0. The fourth-order valence-corrected chi connectivity index (χ4v) is 5.31. The number of hydrogen-bond acceptors (Lipinski definition) is 4. The molecule has 5 nitrogen and oxygen atoms in total. The van der Waals surface area contributed by atoms with Crippen molar-refractivity contribution in [2.45, 2.75) is 76.2 Å². The molecule has 0 spiro atoms. The molecule has 0 unspecified atom stereocenters. The summed E-state index contributed by atoms with van der Waals surface area (Å²) < 4.78 is 11.1. The molecule has 5 heteroatoms. The molecule has 3 saturated heterocycles. The lowest BCUT2D eigenvalue weighted by Crippen LogP contribution is -2.49. The van der Waals surface area contributed by atoms with Crippen LogP contribution in [0.2, 0.25) is 0 Å². The summed E-state index contributed by atoms with van der Waals surface area (Å²) in [6.45, 7) is 4.38. The molecule has 0 aromatic rings. The fraction of sp³-hybridized carbons (Fsp3) is 0.947. The summed E-state index contributed by atoms with van der Waals surface area (Å²) >= 11 is 0. The van der Waals surface area contributed by atoms with Gasteiger partial charge in [-0.1, -0.05) is 12.8 Å². The topological polar surface area (TPSA) is 42.0 Å². The molecule has 0 aromatic carbocycles. The number of likely N-dealkylation sites (tertiary alicyclic amines) is 2. The molecular weight excluding hydrogens is 304 g/mol. The van der Waals surface area contributed by atoms with Gasteiger partial charge in [0.25, 0.3) is 0 Å². The summed E-state index contributed by atoms with van der Waals surface area (Å²) in [5, 5.41) is 0. The van der Waals surface area contributed by atoms with Gasteiger partial charge < -0.3 is 14.4 Å². The van der Waals surface area contributed by atoms with Gasteiger partial charge in [-0.15, -0.1) is 0 Å². The quantitative estimate of drug-likeness (QED) is 0.773. The second-order valence-electron chi connectivity index (χ2n) is 7.94. The first-order valence-electron chi connectivity index (χ1n) is 10.1. The maximum Gasteiger partial charge on any atom is 0.240 e. The zero-order chi connectivity index (χ0) is 16.4. The SMILES string of the molecule is O=C([C@@H]1CCCN1CCC1OCCO1)N1CCC[C@@H]1C1CCCC1. The van der Waals surface area contributed by atoms with Crippen molar-refractivity contribution in [3.63, 3.8) is 0 Å². The third-order valence-electron chi connectivity index (χ3n) is 6.52. The lowest BCUT2D eigenvalue weighted by Gasteiger charge is -2.34. The first-order valence-corrected chi connectivity index (χ1v) is 10.1. The number of carbonyl (C=O) groups is 1. The highest BCUT2D eigenvalue weighted by Crippen LogP contribution is 2.36. The highest BCUT2D eigenvalue weighted by atomic mass is 16.7. The molecule has 4 rings (SSSR count). The molecule has 0 bridgehead atoms. The van der Waals surface area contributed by atoms with E-state index in [4.69, 9.17) is 9.47 Å². The molecule has 4 aliphatic rings. The summed E-state index contributed by atoms with van der Waals surface area (Å²) in [5.41, 5.74) is 0. The summed E-state index contributed by atoms with van der Waals surface area (Å²) in [6, 6.07) is 0.636. The van der Waals surface area contributed by atoms with E-state index in [2.05, 4.69) is 9.80 Å². The summed E-state index contributed by atoms with van der Waals surface area (Å²) in [4.78, 5) is 17.9. The van der Waals surface area contributed by atoms with E-state index in [0.717, 1.165) is 44.8 Å². The van der Waals surface area contributed by atoms with E-state index in [1.54, 1.807) is 0 Å². The van der Waals surface area contributed by atoms with Crippen LogP contribution in [0.5, 0.6) is 0 Å². The van der Waals surface area contributed by atoms with Gasteiger partial charge in [0.1, 0.15) is 0 Å². The van der Waals surface area contributed by atoms with Crippen molar-refractivity contribution in [1.82, 2.24) is 9.80 Å². The number of amides is 1. The third kappa shape index (κ3) is 3.49. The molecular formula is C19H32N2O3. The van der Waals surface area contributed by atoms with Gasteiger partial charge in [0.2, 0.25) is 5.91 Å². The van der Waals surface area contributed by atoms with Crippen molar-refractivity contribution in [3.8, 4) is 0 Å². The van der Waals surface area contributed by atoms with Crippen LogP contribution < -0.4 is 0 Å². The molecule has 1 saturated carbocycles. The average Bonchev–Trinajstić information content (AvgIpc) is 3.41. The number of nitrogens with zero attached hydrogens (tertiary/aromatic N) is 2. The smallest absolute Gasteiger partial charge is 0.240 e. The van der Waals surface area contributed by atoms with E-state index < -0.39 is 0 Å². The monoisotopic (exact) mass is 336 g/mol. The van der Waals surface area contributed by atoms with Crippen molar-refractivity contribution in [1.29, 1.82) is 0 Å². The zero-order valence-corrected chi connectivity index (χ0v) is 14.8. The van der Waals surface area contributed by atoms with E-state index in [9.17, 15) is 4.79 Å². The number of rotatable bonds is 5. The first kappa shape index (κ1) is 16.8. The largest absolute Gasteiger partial charge is 0.350 e. The molecule has 0 N–H and O–H groups in total. The van der Waals surface area contributed by atoms with E-state index in [-0.39, 0.29) is 12.3 Å². The summed E-state index contributed by atoms with van der Waals surface area (Å²) in [5.74, 6) is 1.18. The molecule has 4 fully saturated rings. The Bertz CT molecular complexity index is 432. The third-order valence-corrected chi connectivity index (χ3v) is 6.52. The van der Waals surface area contributed by atoms with E-state index in [0.29, 0.717) is 25.2 Å². The van der Waals surface area contributed by atoms with Crippen molar-refractivity contribution in [3.05, 3.63) is 0 Å². The van der Waals surface area contributed by atoms with E-state index in [1.165, 1.54) is 38.5 Å². The van der Waals surface area contributed by atoms with Gasteiger partial charge in [-0.3, -0.25) is 9.69 Å².